The van der Waals surface area contributed by atoms with E-state index in [9.17, 15) is 13.2 Å². The smallest absolute Gasteiger partial charge is 0.264 e. The third-order valence-corrected chi connectivity index (χ3v) is 6.20. The number of hydrogen-bond acceptors (Lipinski definition) is 4. The van der Waals surface area contributed by atoms with Crippen molar-refractivity contribution in [3.8, 4) is 5.75 Å². The highest BCUT2D eigenvalue weighted by molar-refractivity contribution is 7.92. The first-order valence-corrected chi connectivity index (χ1v) is 10.8. The van der Waals surface area contributed by atoms with Crippen LogP contribution in [0.3, 0.4) is 0 Å². The summed E-state index contributed by atoms with van der Waals surface area (Å²) in [4.78, 5) is 12.7. The Bertz CT molecular complexity index is 878. The molecule has 0 fully saturated rings. The maximum atomic E-state index is 13.2. The first kappa shape index (κ1) is 21.8. The summed E-state index contributed by atoms with van der Waals surface area (Å²) in [5.74, 6) is 0.278. The number of anilines is 1. The van der Waals surface area contributed by atoms with Crippen molar-refractivity contribution in [1.82, 2.24) is 5.32 Å². The van der Waals surface area contributed by atoms with E-state index >= 15 is 0 Å². The fourth-order valence-electron chi connectivity index (χ4n) is 2.55. The number of hydrogen-bond donors (Lipinski definition) is 1. The minimum Gasteiger partial charge on any atom is -0.494 e. The van der Waals surface area contributed by atoms with Gasteiger partial charge < -0.3 is 10.1 Å². The Morgan fingerprint density at radius 1 is 1.04 bits per heavy atom. The molecule has 2 rings (SSSR count). The van der Waals surface area contributed by atoms with Crippen LogP contribution in [0.25, 0.3) is 0 Å². The van der Waals surface area contributed by atoms with Crippen molar-refractivity contribution >= 4 is 21.6 Å². The van der Waals surface area contributed by atoms with Crippen molar-refractivity contribution in [2.75, 3.05) is 17.5 Å². The summed E-state index contributed by atoms with van der Waals surface area (Å²) in [5.41, 5.74) is -0.0188. The van der Waals surface area contributed by atoms with Crippen LogP contribution in [-0.4, -0.2) is 33.0 Å². The third-order valence-electron chi connectivity index (χ3n) is 4.42. The van der Waals surface area contributed by atoms with E-state index in [1.54, 1.807) is 42.5 Å². The maximum Gasteiger partial charge on any atom is 0.264 e. The molecule has 2 aromatic carbocycles. The molecule has 0 heterocycles. The molecule has 0 aromatic heterocycles. The van der Waals surface area contributed by atoms with Crippen LogP contribution in [0.1, 0.15) is 34.1 Å². The Balaban J connectivity index is 2.39. The van der Waals surface area contributed by atoms with Crippen LogP contribution in [0.2, 0.25) is 0 Å². The number of benzene rings is 2. The lowest BCUT2D eigenvalue weighted by molar-refractivity contribution is -0.121. The minimum absolute atomic E-state index is 0.131. The van der Waals surface area contributed by atoms with Gasteiger partial charge in [0.1, 0.15) is 12.3 Å². The van der Waals surface area contributed by atoms with Crippen molar-refractivity contribution in [1.29, 1.82) is 0 Å². The van der Waals surface area contributed by atoms with Crippen LogP contribution in [0.4, 0.5) is 5.69 Å². The van der Waals surface area contributed by atoms with Gasteiger partial charge in [-0.1, -0.05) is 25.1 Å². The molecule has 1 N–H and O–H groups in total. The average Bonchev–Trinajstić information content (AvgIpc) is 2.67. The number of rotatable bonds is 9. The monoisotopic (exact) mass is 404 g/mol. The van der Waals surface area contributed by atoms with Crippen LogP contribution in [0.15, 0.2) is 59.5 Å². The first-order chi connectivity index (χ1) is 13.2. The SMILES string of the molecule is CCOc1ccc(N(CC(=O)NC(C)(C)CC)S(=O)(=O)c2ccccc2)cc1. The predicted octanol–water partition coefficient (Wildman–Crippen LogP) is 3.59. The van der Waals surface area contributed by atoms with Crippen LogP contribution >= 0.6 is 0 Å². The number of carbonyl (C=O) groups excluding carboxylic acids is 1. The van der Waals surface area contributed by atoms with Gasteiger partial charge in [-0.3, -0.25) is 9.10 Å². The molecule has 0 aliphatic heterocycles. The van der Waals surface area contributed by atoms with Crippen molar-refractivity contribution in [2.24, 2.45) is 0 Å². The molecule has 7 heteroatoms. The molecule has 152 valence electrons. The summed E-state index contributed by atoms with van der Waals surface area (Å²) in [7, 11) is -3.90. The molecule has 0 radical (unpaired) electrons. The molecule has 2 aromatic rings. The number of ether oxygens (including phenoxy) is 1. The second kappa shape index (κ2) is 9.10. The summed E-state index contributed by atoms with van der Waals surface area (Å²) < 4.78 is 33.0. The summed E-state index contributed by atoms with van der Waals surface area (Å²) in [5, 5.41) is 2.89. The molecule has 0 atom stereocenters. The molecule has 0 saturated carbocycles. The standard InChI is InChI=1S/C21H28N2O4S/c1-5-21(3,4)22-20(24)16-23(17-12-14-18(15-13-17)27-6-2)28(25,26)19-10-8-7-9-11-19/h7-15H,5-6,16H2,1-4H3,(H,22,24). The van der Waals surface area contributed by atoms with Crippen LogP contribution in [0.5, 0.6) is 5.75 Å². The molecule has 0 saturated heterocycles. The van der Waals surface area contributed by atoms with E-state index in [4.69, 9.17) is 4.74 Å². The normalized spacial score (nSPS) is 11.7. The zero-order valence-electron chi connectivity index (χ0n) is 16.8. The summed E-state index contributed by atoms with van der Waals surface area (Å²) in [6.45, 7) is 7.84. The van der Waals surface area contributed by atoms with Gasteiger partial charge in [0.15, 0.2) is 0 Å². The van der Waals surface area contributed by atoms with Crippen molar-refractivity contribution < 1.29 is 17.9 Å². The van der Waals surface area contributed by atoms with Gasteiger partial charge in [-0.05, 0) is 63.6 Å². The second-order valence-corrected chi connectivity index (χ2v) is 8.90. The molecule has 0 spiro atoms. The van der Waals surface area contributed by atoms with E-state index in [0.717, 1.165) is 10.7 Å². The van der Waals surface area contributed by atoms with Gasteiger partial charge in [-0.2, -0.15) is 0 Å². The lowest BCUT2D eigenvalue weighted by Crippen LogP contribution is -2.48. The molecular weight excluding hydrogens is 376 g/mol. The Kier molecular flexibility index (Phi) is 7.07. The van der Waals surface area contributed by atoms with Gasteiger partial charge in [-0.25, -0.2) is 8.42 Å². The lowest BCUT2D eigenvalue weighted by atomic mass is 10.0. The summed E-state index contributed by atoms with van der Waals surface area (Å²) in [6.07, 6.45) is 0.729. The highest BCUT2D eigenvalue weighted by Gasteiger charge is 2.28. The Hall–Kier alpha value is -2.54. The van der Waals surface area contributed by atoms with Crippen LogP contribution in [0, 0.1) is 0 Å². The zero-order valence-corrected chi connectivity index (χ0v) is 17.6. The highest BCUT2D eigenvalue weighted by Crippen LogP contribution is 2.26. The first-order valence-electron chi connectivity index (χ1n) is 9.31. The Morgan fingerprint density at radius 3 is 2.18 bits per heavy atom. The highest BCUT2D eigenvalue weighted by atomic mass is 32.2. The number of nitrogens with zero attached hydrogens (tertiary/aromatic N) is 1. The molecule has 28 heavy (non-hydrogen) atoms. The van der Waals surface area contributed by atoms with Gasteiger partial charge in [0.05, 0.1) is 17.2 Å². The van der Waals surface area contributed by atoms with Gasteiger partial charge in [0.2, 0.25) is 5.91 Å². The second-order valence-electron chi connectivity index (χ2n) is 7.04. The van der Waals surface area contributed by atoms with Gasteiger partial charge in [-0.15, -0.1) is 0 Å². The fourth-order valence-corrected chi connectivity index (χ4v) is 3.99. The Labute approximate surface area is 167 Å². The number of amides is 1. The lowest BCUT2D eigenvalue weighted by Gasteiger charge is -2.28. The van der Waals surface area contributed by atoms with Gasteiger partial charge in [0, 0.05) is 5.54 Å². The van der Waals surface area contributed by atoms with E-state index in [0.29, 0.717) is 18.0 Å². The largest absolute Gasteiger partial charge is 0.494 e. The van der Waals surface area contributed by atoms with E-state index in [-0.39, 0.29) is 17.3 Å². The van der Waals surface area contributed by atoms with Crippen LogP contribution in [-0.2, 0) is 14.8 Å². The third kappa shape index (κ3) is 5.48. The van der Waals surface area contributed by atoms with Crippen molar-refractivity contribution in [3.05, 3.63) is 54.6 Å². The van der Waals surface area contributed by atoms with E-state index < -0.39 is 15.6 Å². The number of carbonyl (C=O) groups is 1. The molecule has 1 amide bonds. The van der Waals surface area contributed by atoms with Gasteiger partial charge >= 0.3 is 0 Å². The average molecular weight is 405 g/mol. The van der Waals surface area contributed by atoms with E-state index in [1.165, 1.54) is 12.1 Å². The van der Waals surface area contributed by atoms with E-state index in [1.807, 2.05) is 27.7 Å². The zero-order chi connectivity index (χ0) is 20.8. The quantitative estimate of drug-likeness (QED) is 0.693. The molecule has 0 bridgehead atoms. The predicted molar refractivity (Wildman–Crippen MR) is 111 cm³/mol. The topological polar surface area (TPSA) is 75.7 Å². The number of sulfonamides is 1. The number of nitrogens with one attached hydrogen (secondary N) is 1. The summed E-state index contributed by atoms with van der Waals surface area (Å²) in [6, 6.07) is 14.8. The molecular formula is C21H28N2O4S. The molecule has 6 nitrogen and oxygen atoms in total. The minimum atomic E-state index is -3.90. The fraction of sp³-hybridized carbons (Fsp3) is 0.381. The van der Waals surface area contributed by atoms with Crippen LogP contribution < -0.4 is 14.4 Å². The van der Waals surface area contributed by atoms with E-state index in [2.05, 4.69) is 5.32 Å². The molecule has 0 aliphatic rings. The van der Waals surface area contributed by atoms with Crippen molar-refractivity contribution in [3.63, 3.8) is 0 Å². The summed E-state index contributed by atoms with van der Waals surface area (Å²) >= 11 is 0. The van der Waals surface area contributed by atoms with Crippen molar-refractivity contribution in [2.45, 2.75) is 44.6 Å². The molecule has 0 aliphatic carbocycles. The van der Waals surface area contributed by atoms with Gasteiger partial charge in [0.25, 0.3) is 10.0 Å². The molecule has 0 unspecified atom stereocenters. The maximum absolute atomic E-state index is 13.2. The Morgan fingerprint density at radius 2 is 1.64 bits per heavy atom.